The third kappa shape index (κ3) is 9.62. The summed E-state index contributed by atoms with van der Waals surface area (Å²) in [6.07, 6.45) is 2.22. The third-order valence-electron chi connectivity index (χ3n) is 6.16. The van der Waals surface area contributed by atoms with Crippen LogP contribution in [0.2, 0.25) is 0 Å². The van der Waals surface area contributed by atoms with Crippen LogP contribution in [0.5, 0.6) is 11.5 Å². The minimum absolute atomic E-state index is 0.369. The number of benzene rings is 2. The van der Waals surface area contributed by atoms with Crippen LogP contribution in [0.1, 0.15) is 63.5 Å². The van der Waals surface area contributed by atoms with Crippen LogP contribution in [-0.4, -0.2) is 61.3 Å². The van der Waals surface area contributed by atoms with Crippen LogP contribution < -0.4 is 0 Å². The first-order valence-electron chi connectivity index (χ1n) is 12.0. The van der Waals surface area contributed by atoms with Gasteiger partial charge in [0.1, 0.15) is 11.5 Å². The minimum atomic E-state index is 0.369. The van der Waals surface area contributed by atoms with Gasteiger partial charge in [0.2, 0.25) is 0 Å². The molecule has 2 rings (SSSR count). The van der Waals surface area contributed by atoms with E-state index in [4.69, 9.17) is 0 Å². The van der Waals surface area contributed by atoms with E-state index < -0.39 is 0 Å². The van der Waals surface area contributed by atoms with Gasteiger partial charge in [-0.05, 0) is 100 Å². The zero-order valence-corrected chi connectivity index (χ0v) is 21.5. The monoisotopic (exact) mass is 442 g/mol. The summed E-state index contributed by atoms with van der Waals surface area (Å²) in [7, 11) is 8.41. The predicted molar refractivity (Wildman–Crippen MR) is 138 cm³/mol. The van der Waals surface area contributed by atoms with Gasteiger partial charge < -0.3 is 20.0 Å². The molecule has 180 valence electrons. The van der Waals surface area contributed by atoms with Gasteiger partial charge in [0.05, 0.1) is 0 Å². The number of phenols is 2. The van der Waals surface area contributed by atoms with E-state index >= 15 is 0 Å². The highest BCUT2D eigenvalue weighted by molar-refractivity contribution is 5.31. The van der Waals surface area contributed by atoms with Crippen molar-refractivity contribution in [2.45, 2.75) is 52.4 Å². The Morgan fingerprint density at radius 1 is 0.656 bits per heavy atom. The lowest BCUT2D eigenvalue weighted by atomic mass is 9.85. The molecule has 2 N–H and O–H groups in total. The van der Waals surface area contributed by atoms with Crippen LogP contribution in [0.4, 0.5) is 0 Å². The lowest BCUT2D eigenvalue weighted by molar-refractivity contribution is 0.301. The average molecular weight is 443 g/mol. The molecule has 0 heterocycles. The number of rotatable bonds is 10. The molecule has 4 atom stereocenters. The van der Waals surface area contributed by atoms with Crippen molar-refractivity contribution >= 4 is 0 Å². The van der Waals surface area contributed by atoms with Crippen molar-refractivity contribution in [3.8, 4) is 11.5 Å². The second-order valence-corrected chi connectivity index (χ2v) is 9.70. The molecular weight excluding hydrogens is 396 g/mol. The fraction of sp³-hybridized carbons (Fsp3) is 0.571. The SMILES string of the molecule is CCC(c1cccc(O)c1)C(C)CN(C)C.CCC(c1cccc(O)c1)C(C)CN(C)C. The summed E-state index contributed by atoms with van der Waals surface area (Å²) in [4.78, 5) is 4.44. The van der Waals surface area contributed by atoms with Crippen LogP contribution in [0.3, 0.4) is 0 Å². The summed E-state index contributed by atoms with van der Waals surface area (Å²) in [5.41, 5.74) is 2.49. The molecule has 4 heteroatoms. The maximum Gasteiger partial charge on any atom is 0.115 e. The molecule has 0 fully saturated rings. The lowest BCUT2D eigenvalue weighted by Gasteiger charge is -2.26. The van der Waals surface area contributed by atoms with Crippen LogP contribution in [0.15, 0.2) is 48.5 Å². The molecule has 0 aliphatic carbocycles. The van der Waals surface area contributed by atoms with E-state index in [-0.39, 0.29) is 0 Å². The van der Waals surface area contributed by atoms with Crippen molar-refractivity contribution in [2.75, 3.05) is 41.3 Å². The summed E-state index contributed by atoms with van der Waals surface area (Å²) < 4.78 is 0. The molecule has 0 aliphatic heterocycles. The number of nitrogens with zero attached hydrogens (tertiary/aromatic N) is 2. The summed E-state index contributed by atoms with van der Waals surface area (Å²) in [5.74, 6) is 2.98. The Morgan fingerprint density at radius 3 is 1.25 bits per heavy atom. The van der Waals surface area contributed by atoms with Gasteiger partial charge in [-0.3, -0.25) is 0 Å². The maximum atomic E-state index is 9.51. The molecule has 0 radical (unpaired) electrons. The Balaban J connectivity index is 0.000000320. The van der Waals surface area contributed by atoms with E-state index in [2.05, 4.69) is 77.8 Å². The predicted octanol–water partition coefficient (Wildman–Crippen LogP) is 6.17. The summed E-state index contributed by atoms with van der Waals surface area (Å²) in [6.45, 7) is 11.1. The van der Waals surface area contributed by atoms with Gasteiger partial charge in [-0.25, -0.2) is 0 Å². The van der Waals surface area contributed by atoms with Crippen molar-refractivity contribution in [2.24, 2.45) is 11.8 Å². The van der Waals surface area contributed by atoms with Gasteiger partial charge >= 0.3 is 0 Å². The smallest absolute Gasteiger partial charge is 0.115 e. The van der Waals surface area contributed by atoms with Crippen molar-refractivity contribution < 1.29 is 10.2 Å². The van der Waals surface area contributed by atoms with Crippen molar-refractivity contribution in [1.82, 2.24) is 9.80 Å². The van der Waals surface area contributed by atoms with Crippen LogP contribution in [0, 0.1) is 11.8 Å². The first kappa shape index (κ1) is 28.0. The first-order valence-corrected chi connectivity index (χ1v) is 12.0. The quantitative estimate of drug-likeness (QED) is 0.462. The average Bonchev–Trinajstić information content (AvgIpc) is 2.68. The van der Waals surface area contributed by atoms with E-state index in [1.807, 2.05) is 24.3 Å². The highest BCUT2D eigenvalue weighted by Gasteiger charge is 2.19. The van der Waals surface area contributed by atoms with E-state index in [0.29, 0.717) is 35.2 Å². The zero-order chi connectivity index (χ0) is 24.3. The van der Waals surface area contributed by atoms with Crippen molar-refractivity contribution in [3.05, 3.63) is 59.7 Å². The summed E-state index contributed by atoms with van der Waals surface area (Å²) in [6, 6.07) is 15.3. The minimum Gasteiger partial charge on any atom is -0.508 e. The second-order valence-electron chi connectivity index (χ2n) is 9.70. The molecule has 0 aliphatic rings. The van der Waals surface area contributed by atoms with E-state index in [0.717, 1.165) is 25.9 Å². The molecular formula is C28H46N2O2. The van der Waals surface area contributed by atoms with E-state index in [1.165, 1.54) is 11.1 Å². The number of hydrogen-bond donors (Lipinski definition) is 2. The Morgan fingerprint density at radius 2 is 1.00 bits per heavy atom. The van der Waals surface area contributed by atoms with Crippen molar-refractivity contribution in [3.63, 3.8) is 0 Å². The molecule has 0 bridgehead atoms. The Hall–Kier alpha value is -2.04. The molecule has 32 heavy (non-hydrogen) atoms. The second kappa shape index (κ2) is 14.2. The van der Waals surface area contributed by atoms with Gasteiger partial charge in [-0.1, -0.05) is 52.0 Å². The molecule has 2 aromatic rings. The van der Waals surface area contributed by atoms with Crippen molar-refractivity contribution in [1.29, 1.82) is 0 Å². The van der Waals surface area contributed by atoms with Crippen LogP contribution in [0.25, 0.3) is 0 Å². The topological polar surface area (TPSA) is 46.9 Å². The lowest BCUT2D eigenvalue weighted by Crippen LogP contribution is -2.24. The van der Waals surface area contributed by atoms with Gasteiger partial charge in [-0.15, -0.1) is 0 Å². The molecule has 0 saturated carbocycles. The van der Waals surface area contributed by atoms with Crippen LogP contribution in [-0.2, 0) is 0 Å². The Labute approximate surface area is 196 Å². The Kier molecular flexibility index (Phi) is 12.4. The van der Waals surface area contributed by atoms with Crippen LogP contribution >= 0.6 is 0 Å². The van der Waals surface area contributed by atoms with Gasteiger partial charge in [0, 0.05) is 13.1 Å². The molecule has 0 spiro atoms. The molecule has 4 unspecified atom stereocenters. The highest BCUT2D eigenvalue weighted by atomic mass is 16.3. The van der Waals surface area contributed by atoms with E-state index in [1.54, 1.807) is 12.1 Å². The molecule has 0 saturated heterocycles. The summed E-state index contributed by atoms with van der Waals surface area (Å²) in [5, 5.41) is 19.0. The number of hydrogen-bond acceptors (Lipinski definition) is 4. The van der Waals surface area contributed by atoms with Gasteiger partial charge in [0.25, 0.3) is 0 Å². The fourth-order valence-electron chi connectivity index (χ4n) is 4.85. The number of phenolic OH excluding ortho intramolecular Hbond substituents is 2. The largest absolute Gasteiger partial charge is 0.508 e. The standard InChI is InChI=1S/2C14H23NO/c2*1-5-14(11(2)10-15(3)4)12-7-6-8-13(16)9-12/h2*6-9,11,14,16H,5,10H2,1-4H3. The maximum absolute atomic E-state index is 9.51. The first-order chi connectivity index (χ1) is 15.1. The molecule has 0 amide bonds. The van der Waals surface area contributed by atoms with E-state index in [9.17, 15) is 10.2 Å². The van der Waals surface area contributed by atoms with Gasteiger partial charge in [0.15, 0.2) is 0 Å². The highest BCUT2D eigenvalue weighted by Crippen LogP contribution is 2.31. The Bertz CT molecular complexity index is 710. The molecule has 0 aromatic heterocycles. The fourth-order valence-corrected chi connectivity index (χ4v) is 4.85. The summed E-state index contributed by atoms with van der Waals surface area (Å²) >= 11 is 0. The molecule has 2 aromatic carbocycles. The number of aromatic hydroxyl groups is 2. The zero-order valence-electron chi connectivity index (χ0n) is 21.5. The third-order valence-corrected chi connectivity index (χ3v) is 6.16. The normalized spacial score (nSPS) is 15.1. The molecule has 4 nitrogen and oxygen atoms in total. The van der Waals surface area contributed by atoms with Gasteiger partial charge in [-0.2, -0.15) is 0 Å².